The lowest BCUT2D eigenvalue weighted by atomic mass is 10.2. The summed E-state index contributed by atoms with van der Waals surface area (Å²) < 4.78 is 6.59. The maximum Gasteiger partial charge on any atom is 0.297 e. The lowest BCUT2D eigenvalue weighted by Crippen LogP contribution is -2.20. The van der Waals surface area contributed by atoms with Gasteiger partial charge in [0.05, 0.1) is 17.1 Å². The van der Waals surface area contributed by atoms with Gasteiger partial charge in [-0.05, 0) is 31.2 Å². The summed E-state index contributed by atoms with van der Waals surface area (Å²) >= 11 is 5.06. The Morgan fingerprint density at radius 3 is 2.63 bits per heavy atom. The minimum Gasteiger partial charge on any atom is -0.313 e. The Bertz CT molecular complexity index is 1340. The van der Waals surface area contributed by atoms with Crippen LogP contribution in [0.15, 0.2) is 86.9 Å². The van der Waals surface area contributed by atoms with E-state index in [-0.39, 0.29) is 5.56 Å². The fourth-order valence-electron chi connectivity index (χ4n) is 3.38. The topological polar surface area (TPSA) is 44.2 Å². The summed E-state index contributed by atoms with van der Waals surface area (Å²) in [6.45, 7) is 6.41. The van der Waals surface area contributed by atoms with Gasteiger partial charge in [0.25, 0.3) is 5.56 Å². The Hall–Kier alpha value is -2.90. The second-order valence-electron chi connectivity index (χ2n) is 6.84. The van der Waals surface area contributed by atoms with Crippen LogP contribution in [0.4, 0.5) is 5.69 Å². The number of nitrogens with zero attached hydrogens (tertiary/aromatic N) is 4. The molecule has 0 saturated heterocycles. The maximum atomic E-state index is 13.2. The van der Waals surface area contributed by atoms with Crippen LogP contribution in [0.1, 0.15) is 5.69 Å². The van der Waals surface area contributed by atoms with Crippen molar-refractivity contribution in [3.63, 3.8) is 0 Å². The lowest BCUT2D eigenvalue weighted by Gasteiger charge is -2.07. The quantitative estimate of drug-likeness (QED) is 0.362. The summed E-state index contributed by atoms with van der Waals surface area (Å²) in [6.07, 6.45) is 1.84. The smallest absolute Gasteiger partial charge is 0.297 e. The van der Waals surface area contributed by atoms with Crippen LogP contribution >= 0.6 is 27.3 Å². The lowest BCUT2D eigenvalue weighted by molar-refractivity contribution is 0.630. The Kier molecular flexibility index (Phi) is 5.74. The zero-order chi connectivity index (χ0) is 21.3. The van der Waals surface area contributed by atoms with Gasteiger partial charge in [0.15, 0.2) is 10.5 Å². The summed E-state index contributed by atoms with van der Waals surface area (Å²) in [7, 11) is 1.88. The molecule has 0 spiro atoms. The number of thiazole rings is 1. The number of halogens is 1. The van der Waals surface area contributed by atoms with Gasteiger partial charge in [-0.1, -0.05) is 52.3 Å². The molecule has 0 aliphatic carbocycles. The summed E-state index contributed by atoms with van der Waals surface area (Å²) in [5.41, 5.74) is 4.05. The maximum absolute atomic E-state index is 13.2. The molecule has 0 saturated carbocycles. The highest BCUT2D eigenvalue weighted by Gasteiger charge is 2.16. The standard InChI is InChI=1S/C23H21BrN4OS/c1-4-13-27-20(17-9-8-10-18(24)14-17)15-30-23(27)25-21-16(2)26(3)28(22(21)29)19-11-6-5-7-12-19/h4-12,14-15H,1,13H2,2-3H3. The number of hydrogen-bond acceptors (Lipinski definition) is 3. The van der Waals surface area contributed by atoms with Crippen molar-refractivity contribution in [2.24, 2.45) is 12.0 Å². The Morgan fingerprint density at radius 2 is 1.93 bits per heavy atom. The van der Waals surface area contributed by atoms with Crippen molar-refractivity contribution in [1.82, 2.24) is 13.9 Å². The van der Waals surface area contributed by atoms with Gasteiger partial charge in [-0.15, -0.1) is 17.9 Å². The van der Waals surface area contributed by atoms with Gasteiger partial charge in [0, 0.05) is 29.0 Å². The monoisotopic (exact) mass is 480 g/mol. The number of allylic oxidation sites excluding steroid dienone is 1. The van der Waals surface area contributed by atoms with E-state index in [4.69, 9.17) is 4.99 Å². The molecular formula is C23H21BrN4OS. The largest absolute Gasteiger partial charge is 0.313 e. The molecule has 5 nitrogen and oxygen atoms in total. The molecule has 0 atom stereocenters. The van der Waals surface area contributed by atoms with E-state index in [1.165, 1.54) is 11.3 Å². The average Bonchev–Trinajstić information content (AvgIpc) is 3.23. The molecule has 0 fully saturated rings. The minimum atomic E-state index is -0.135. The fraction of sp³-hybridized carbons (Fsp3) is 0.130. The number of hydrogen-bond donors (Lipinski definition) is 0. The zero-order valence-corrected chi connectivity index (χ0v) is 19.2. The van der Waals surface area contributed by atoms with Gasteiger partial charge in [0.2, 0.25) is 0 Å². The predicted octanol–water partition coefficient (Wildman–Crippen LogP) is 5.20. The third-order valence-corrected chi connectivity index (χ3v) is 6.32. The molecule has 30 heavy (non-hydrogen) atoms. The summed E-state index contributed by atoms with van der Waals surface area (Å²) in [5.74, 6) is 0. The molecule has 0 radical (unpaired) electrons. The van der Waals surface area contributed by atoms with Gasteiger partial charge in [0.1, 0.15) is 0 Å². The van der Waals surface area contributed by atoms with Crippen LogP contribution in [0.5, 0.6) is 0 Å². The van der Waals surface area contributed by atoms with E-state index in [1.54, 1.807) is 4.68 Å². The number of para-hydroxylation sites is 1. The van der Waals surface area contributed by atoms with Gasteiger partial charge in [-0.2, -0.15) is 0 Å². The van der Waals surface area contributed by atoms with E-state index < -0.39 is 0 Å². The van der Waals surface area contributed by atoms with Gasteiger partial charge >= 0.3 is 0 Å². The molecule has 2 heterocycles. The highest BCUT2D eigenvalue weighted by atomic mass is 79.9. The van der Waals surface area contributed by atoms with Crippen molar-refractivity contribution < 1.29 is 0 Å². The summed E-state index contributed by atoms with van der Waals surface area (Å²) in [5, 5.41) is 2.07. The first-order valence-electron chi connectivity index (χ1n) is 9.45. The molecule has 0 aliphatic rings. The van der Waals surface area contributed by atoms with Crippen molar-refractivity contribution in [2.75, 3.05) is 0 Å². The molecule has 0 unspecified atom stereocenters. The Labute approximate surface area is 187 Å². The van der Waals surface area contributed by atoms with E-state index in [2.05, 4.69) is 44.6 Å². The molecule has 0 amide bonds. The van der Waals surface area contributed by atoms with Crippen molar-refractivity contribution in [2.45, 2.75) is 13.5 Å². The normalized spacial score (nSPS) is 11.8. The van der Waals surface area contributed by atoms with E-state index in [0.717, 1.165) is 31.9 Å². The molecule has 2 aromatic carbocycles. The minimum absolute atomic E-state index is 0.135. The van der Waals surface area contributed by atoms with Crippen LogP contribution in [0.3, 0.4) is 0 Å². The van der Waals surface area contributed by atoms with E-state index >= 15 is 0 Å². The van der Waals surface area contributed by atoms with Crippen molar-refractivity contribution in [3.8, 4) is 16.9 Å². The molecular weight excluding hydrogens is 460 g/mol. The number of rotatable bonds is 5. The third kappa shape index (κ3) is 3.66. The molecule has 2 aromatic heterocycles. The Morgan fingerprint density at radius 1 is 1.17 bits per heavy atom. The molecule has 4 aromatic rings. The van der Waals surface area contributed by atoms with E-state index in [9.17, 15) is 4.79 Å². The first-order chi connectivity index (χ1) is 14.5. The van der Waals surface area contributed by atoms with Crippen LogP contribution < -0.4 is 10.4 Å². The second kappa shape index (κ2) is 8.45. The highest BCUT2D eigenvalue weighted by Crippen LogP contribution is 2.24. The van der Waals surface area contributed by atoms with E-state index in [0.29, 0.717) is 12.2 Å². The molecule has 152 valence electrons. The number of benzene rings is 2. The van der Waals surface area contributed by atoms with Gasteiger partial charge in [-0.25, -0.2) is 9.67 Å². The molecule has 4 rings (SSSR count). The van der Waals surface area contributed by atoms with Crippen molar-refractivity contribution >= 4 is 33.0 Å². The third-order valence-electron chi connectivity index (χ3n) is 4.96. The van der Waals surface area contributed by atoms with Gasteiger partial charge < -0.3 is 4.57 Å². The molecule has 7 heteroatoms. The molecule has 0 bridgehead atoms. The van der Waals surface area contributed by atoms with Gasteiger partial charge in [-0.3, -0.25) is 9.48 Å². The second-order valence-corrected chi connectivity index (χ2v) is 8.59. The van der Waals surface area contributed by atoms with Crippen molar-refractivity contribution in [1.29, 1.82) is 0 Å². The Balaban J connectivity index is 1.91. The highest BCUT2D eigenvalue weighted by molar-refractivity contribution is 9.10. The van der Waals surface area contributed by atoms with Crippen LogP contribution in [0, 0.1) is 6.92 Å². The fourth-order valence-corrected chi connectivity index (χ4v) is 4.71. The SMILES string of the molecule is C=CCn1c(-c2cccc(Br)c2)csc1=Nc1c(C)n(C)n(-c2ccccc2)c1=O. The number of aromatic nitrogens is 3. The zero-order valence-electron chi connectivity index (χ0n) is 16.7. The first kappa shape index (κ1) is 20.4. The van der Waals surface area contributed by atoms with Crippen LogP contribution in [-0.2, 0) is 13.6 Å². The van der Waals surface area contributed by atoms with Crippen molar-refractivity contribution in [3.05, 3.63) is 98.0 Å². The first-order valence-corrected chi connectivity index (χ1v) is 11.1. The summed E-state index contributed by atoms with van der Waals surface area (Å²) in [6, 6.07) is 17.7. The van der Waals surface area contributed by atoms with E-state index in [1.807, 2.05) is 67.2 Å². The van der Waals surface area contributed by atoms with Crippen LogP contribution in [0.2, 0.25) is 0 Å². The average molecular weight is 481 g/mol. The molecule has 0 N–H and O–H groups in total. The predicted molar refractivity (Wildman–Crippen MR) is 127 cm³/mol. The van der Waals surface area contributed by atoms with Crippen LogP contribution in [0.25, 0.3) is 16.9 Å². The molecule has 0 aliphatic heterocycles. The summed E-state index contributed by atoms with van der Waals surface area (Å²) in [4.78, 5) is 18.8. The van der Waals surface area contributed by atoms with Crippen LogP contribution in [-0.4, -0.2) is 13.9 Å².